The Bertz CT molecular complexity index is 533. The first kappa shape index (κ1) is 11.3. The number of carbonyl (C=O) groups excluding carboxylic acids is 2. The summed E-state index contributed by atoms with van der Waals surface area (Å²) >= 11 is 1.42. The third-order valence-corrected chi connectivity index (χ3v) is 2.65. The van der Waals surface area contributed by atoms with Crippen molar-refractivity contribution in [2.75, 3.05) is 12.4 Å². The van der Waals surface area contributed by atoms with Gasteiger partial charge in [-0.3, -0.25) is 14.9 Å². The number of anilines is 1. The van der Waals surface area contributed by atoms with E-state index in [1.165, 1.54) is 24.6 Å². The Hall–Kier alpha value is -2.15. The second-order valence-corrected chi connectivity index (χ2v) is 3.86. The van der Waals surface area contributed by atoms with Crippen molar-refractivity contribution in [3.8, 4) is 0 Å². The van der Waals surface area contributed by atoms with Crippen LogP contribution >= 0.6 is 11.3 Å². The Labute approximate surface area is 101 Å². The number of hydrogen-bond acceptors (Lipinski definition) is 5. The van der Waals surface area contributed by atoms with Crippen molar-refractivity contribution in [2.45, 2.75) is 0 Å². The third-order valence-electron chi connectivity index (χ3n) is 1.97. The molecule has 0 aliphatic rings. The van der Waals surface area contributed by atoms with E-state index in [0.29, 0.717) is 5.56 Å². The lowest BCUT2D eigenvalue weighted by Crippen LogP contribution is -2.18. The third kappa shape index (κ3) is 2.51. The molecule has 0 aliphatic carbocycles. The van der Waals surface area contributed by atoms with Crippen LogP contribution in [0, 0.1) is 0 Å². The average Bonchev–Trinajstić information content (AvgIpc) is 2.98. The van der Waals surface area contributed by atoms with Gasteiger partial charge in [-0.1, -0.05) is 0 Å². The molecule has 2 aromatic heterocycles. The summed E-state index contributed by atoms with van der Waals surface area (Å²) in [4.78, 5) is 26.6. The number of amides is 2. The van der Waals surface area contributed by atoms with Crippen molar-refractivity contribution in [3.63, 3.8) is 0 Å². The van der Waals surface area contributed by atoms with Gasteiger partial charge in [-0.2, -0.15) is 16.3 Å². The topological polar surface area (TPSA) is 84.2 Å². The Morgan fingerprint density at radius 3 is 2.88 bits per heavy atom. The van der Waals surface area contributed by atoms with Crippen LogP contribution in [0.5, 0.6) is 0 Å². The molecule has 0 saturated carbocycles. The Kier molecular flexibility index (Phi) is 3.20. The Balaban J connectivity index is 2.07. The highest BCUT2D eigenvalue weighted by atomic mass is 32.1. The fraction of sp³-hybridized carbons (Fsp3) is 0.100. The minimum atomic E-state index is -0.371. The van der Waals surface area contributed by atoms with Gasteiger partial charge in [-0.25, -0.2) is 0 Å². The lowest BCUT2D eigenvalue weighted by molar-refractivity contribution is 0.0956. The van der Waals surface area contributed by atoms with E-state index in [-0.39, 0.29) is 23.5 Å². The highest BCUT2D eigenvalue weighted by Gasteiger charge is 2.13. The van der Waals surface area contributed by atoms with Crippen LogP contribution in [0.1, 0.15) is 20.8 Å². The summed E-state index contributed by atoms with van der Waals surface area (Å²) in [5, 5.41) is 8.36. The van der Waals surface area contributed by atoms with E-state index in [9.17, 15) is 9.59 Å². The summed E-state index contributed by atoms with van der Waals surface area (Å²) in [6, 6.07) is 1.68. The minimum Gasteiger partial charge on any atom is -0.431 e. The molecule has 88 valence electrons. The van der Waals surface area contributed by atoms with Gasteiger partial charge in [-0.05, 0) is 11.4 Å². The van der Waals surface area contributed by atoms with Crippen molar-refractivity contribution in [2.24, 2.45) is 0 Å². The van der Waals surface area contributed by atoms with E-state index in [1.54, 1.807) is 16.8 Å². The number of hydrogen-bond donors (Lipinski definition) is 2. The van der Waals surface area contributed by atoms with Gasteiger partial charge in [0.15, 0.2) is 5.69 Å². The maximum Gasteiger partial charge on any atom is 0.302 e. The number of nitrogens with one attached hydrogen (secondary N) is 2. The first-order valence-corrected chi connectivity index (χ1v) is 5.66. The molecule has 2 heterocycles. The van der Waals surface area contributed by atoms with E-state index in [1.807, 2.05) is 0 Å². The molecule has 17 heavy (non-hydrogen) atoms. The zero-order chi connectivity index (χ0) is 12.3. The lowest BCUT2D eigenvalue weighted by atomic mass is 10.3. The zero-order valence-corrected chi connectivity index (χ0v) is 9.71. The molecule has 0 radical (unpaired) electrons. The van der Waals surface area contributed by atoms with Gasteiger partial charge in [0.2, 0.25) is 0 Å². The van der Waals surface area contributed by atoms with Crippen molar-refractivity contribution < 1.29 is 14.0 Å². The molecule has 0 aromatic carbocycles. The standard InChI is InChI=1S/C10H9N3O3S/c1-11-9(15)7-4-16-10(12-7)13-8(14)6-2-3-17-5-6/h2-5H,1H3,(H,11,15)(H,12,13,14). The van der Waals surface area contributed by atoms with Gasteiger partial charge in [-0.15, -0.1) is 0 Å². The summed E-state index contributed by atoms with van der Waals surface area (Å²) < 4.78 is 4.96. The average molecular weight is 251 g/mol. The van der Waals surface area contributed by atoms with Crippen LogP contribution in [0.2, 0.25) is 0 Å². The number of rotatable bonds is 3. The molecule has 0 aliphatic heterocycles. The molecule has 0 fully saturated rings. The Morgan fingerprint density at radius 1 is 1.41 bits per heavy atom. The second kappa shape index (κ2) is 4.79. The molecule has 7 heteroatoms. The second-order valence-electron chi connectivity index (χ2n) is 3.08. The molecule has 0 unspecified atom stereocenters. The normalized spacial score (nSPS) is 9.94. The number of carbonyl (C=O) groups is 2. The summed E-state index contributed by atoms with van der Waals surface area (Å²) in [6.07, 6.45) is 1.18. The summed E-state index contributed by atoms with van der Waals surface area (Å²) in [5.74, 6) is -0.693. The van der Waals surface area contributed by atoms with Crippen molar-refractivity contribution in [3.05, 3.63) is 34.3 Å². The van der Waals surface area contributed by atoms with Gasteiger partial charge in [0.05, 0.1) is 5.56 Å². The maximum atomic E-state index is 11.6. The van der Waals surface area contributed by atoms with Gasteiger partial charge in [0.1, 0.15) is 6.26 Å². The fourth-order valence-electron chi connectivity index (χ4n) is 1.13. The molecule has 0 spiro atoms. The van der Waals surface area contributed by atoms with Gasteiger partial charge in [0, 0.05) is 12.4 Å². The van der Waals surface area contributed by atoms with Gasteiger partial charge in [0.25, 0.3) is 11.8 Å². The highest BCUT2D eigenvalue weighted by Crippen LogP contribution is 2.11. The van der Waals surface area contributed by atoms with Crippen LogP contribution in [-0.2, 0) is 0 Å². The first-order valence-electron chi connectivity index (χ1n) is 4.72. The van der Waals surface area contributed by atoms with E-state index in [2.05, 4.69) is 15.6 Å². The lowest BCUT2D eigenvalue weighted by Gasteiger charge is -1.96. The molecule has 2 amide bonds. The molecule has 0 saturated heterocycles. The number of thiophene rings is 1. The number of nitrogens with zero attached hydrogens (tertiary/aromatic N) is 1. The molecule has 6 nitrogen and oxygen atoms in total. The predicted molar refractivity (Wildman–Crippen MR) is 62.2 cm³/mol. The van der Waals surface area contributed by atoms with E-state index in [0.717, 1.165) is 0 Å². The van der Waals surface area contributed by atoms with Crippen LogP contribution in [-0.4, -0.2) is 23.8 Å². The van der Waals surface area contributed by atoms with E-state index < -0.39 is 0 Å². The smallest absolute Gasteiger partial charge is 0.302 e. The molecular formula is C10H9N3O3S. The van der Waals surface area contributed by atoms with E-state index in [4.69, 9.17) is 4.42 Å². The zero-order valence-electron chi connectivity index (χ0n) is 8.89. The van der Waals surface area contributed by atoms with Crippen LogP contribution in [0.15, 0.2) is 27.5 Å². The molecule has 2 aromatic rings. The van der Waals surface area contributed by atoms with Crippen LogP contribution in [0.3, 0.4) is 0 Å². The van der Waals surface area contributed by atoms with E-state index >= 15 is 0 Å². The molecule has 0 bridgehead atoms. The molecule has 2 rings (SSSR count). The van der Waals surface area contributed by atoms with Crippen LogP contribution in [0.4, 0.5) is 6.01 Å². The van der Waals surface area contributed by atoms with Crippen molar-refractivity contribution in [1.82, 2.24) is 10.3 Å². The van der Waals surface area contributed by atoms with Crippen LogP contribution in [0.25, 0.3) is 0 Å². The highest BCUT2D eigenvalue weighted by molar-refractivity contribution is 7.08. The molecule has 0 atom stereocenters. The number of aromatic nitrogens is 1. The van der Waals surface area contributed by atoms with Crippen molar-refractivity contribution in [1.29, 1.82) is 0 Å². The summed E-state index contributed by atoms with van der Waals surface area (Å²) in [7, 11) is 1.49. The summed E-state index contributed by atoms with van der Waals surface area (Å²) in [5.41, 5.74) is 0.641. The first-order chi connectivity index (χ1) is 8.20. The Morgan fingerprint density at radius 2 is 2.24 bits per heavy atom. The minimum absolute atomic E-state index is 0.000185. The largest absolute Gasteiger partial charge is 0.431 e. The quantitative estimate of drug-likeness (QED) is 0.862. The number of oxazole rings is 1. The monoisotopic (exact) mass is 251 g/mol. The van der Waals surface area contributed by atoms with Gasteiger partial charge < -0.3 is 9.73 Å². The maximum absolute atomic E-state index is 11.6. The predicted octanol–water partition coefficient (Wildman–Crippen LogP) is 1.35. The molecular weight excluding hydrogens is 242 g/mol. The van der Waals surface area contributed by atoms with Gasteiger partial charge >= 0.3 is 6.01 Å². The summed E-state index contributed by atoms with van der Waals surface area (Å²) in [6.45, 7) is 0. The van der Waals surface area contributed by atoms with Crippen LogP contribution < -0.4 is 10.6 Å². The van der Waals surface area contributed by atoms with Crippen molar-refractivity contribution >= 4 is 29.2 Å². The fourth-order valence-corrected chi connectivity index (χ4v) is 1.76. The molecule has 2 N–H and O–H groups in total. The SMILES string of the molecule is CNC(=O)c1coc(NC(=O)c2ccsc2)n1.